The predicted molar refractivity (Wildman–Crippen MR) is 90.2 cm³/mol. The SMILES string of the molecule is CCC(C(=O)O)=C(C)N=C1CCCN1c1ccc(OC)nc1C. The lowest BCUT2D eigenvalue weighted by Gasteiger charge is -2.21. The quantitative estimate of drug-likeness (QED) is 0.844. The van der Waals surface area contributed by atoms with Crippen molar-refractivity contribution in [2.75, 3.05) is 18.6 Å². The minimum Gasteiger partial charge on any atom is -0.481 e. The summed E-state index contributed by atoms with van der Waals surface area (Å²) in [5, 5.41) is 9.24. The van der Waals surface area contributed by atoms with Crippen LogP contribution in [0.4, 0.5) is 5.69 Å². The number of ether oxygens (including phenoxy) is 1. The third kappa shape index (κ3) is 3.70. The minimum atomic E-state index is -0.902. The number of aliphatic carboxylic acids is 1. The second kappa shape index (κ2) is 7.26. The zero-order valence-electron chi connectivity index (χ0n) is 14.1. The number of carboxylic acid groups (broad SMARTS) is 1. The molecular weight excluding hydrogens is 294 g/mol. The molecule has 124 valence electrons. The van der Waals surface area contributed by atoms with Gasteiger partial charge in [-0.15, -0.1) is 0 Å². The zero-order chi connectivity index (χ0) is 17.0. The molecule has 0 radical (unpaired) electrons. The third-order valence-electron chi connectivity index (χ3n) is 3.97. The first-order chi connectivity index (χ1) is 11.0. The fraction of sp³-hybridized carbons (Fsp3) is 0.471. The van der Waals surface area contributed by atoms with Gasteiger partial charge in [0.15, 0.2) is 0 Å². The summed E-state index contributed by atoms with van der Waals surface area (Å²) >= 11 is 0. The number of anilines is 1. The molecule has 1 aromatic rings. The number of nitrogens with zero attached hydrogens (tertiary/aromatic N) is 3. The van der Waals surface area contributed by atoms with Gasteiger partial charge in [-0.05, 0) is 32.8 Å². The van der Waals surface area contributed by atoms with E-state index in [1.54, 1.807) is 14.0 Å². The highest BCUT2D eigenvalue weighted by molar-refractivity contribution is 6.01. The number of aromatic nitrogens is 1. The predicted octanol–water partition coefficient (Wildman–Crippen LogP) is 3.17. The van der Waals surface area contributed by atoms with Crippen LogP contribution in [-0.2, 0) is 4.79 Å². The van der Waals surface area contributed by atoms with Crippen LogP contribution in [0.3, 0.4) is 0 Å². The van der Waals surface area contributed by atoms with Crippen LogP contribution in [0.5, 0.6) is 5.88 Å². The molecule has 6 nitrogen and oxygen atoms in total. The summed E-state index contributed by atoms with van der Waals surface area (Å²) in [6.07, 6.45) is 2.28. The Kier molecular flexibility index (Phi) is 5.36. The van der Waals surface area contributed by atoms with Gasteiger partial charge >= 0.3 is 5.97 Å². The first-order valence-electron chi connectivity index (χ1n) is 7.77. The van der Waals surface area contributed by atoms with Crippen LogP contribution in [0, 0.1) is 6.92 Å². The molecule has 0 bridgehead atoms. The van der Waals surface area contributed by atoms with Crippen molar-refractivity contribution < 1.29 is 14.6 Å². The molecule has 23 heavy (non-hydrogen) atoms. The summed E-state index contributed by atoms with van der Waals surface area (Å²) in [6.45, 7) is 6.38. The van der Waals surface area contributed by atoms with E-state index in [0.717, 1.165) is 36.6 Å². The topological polar surface area (TPSA) is 75.0 Å². The average molecular weight is 317 g/mol. The van der Waals surface area contributed by atoms with E-state index in [2.05, 4.69) is 14.9 Å². The van der Waals surface area contributed by atoms with Gasteiger partial charge in [-0.2, -0.15) is 0 Å². The maximum absolute atomic E-state index is 11.3. The Morgan fingerprint density at radius 1 is 1.48 bits per heavy atom. The van der Waals surface area contributed by atoms with Crippen LogP contribution in [0.25, 0.3) is 0 Å². The number of hydrogen-bond acceptors (Lipinski definition) is 4. The standard InChI is InChI=1S/C17H23N3O3/c1-5-13(17(21)22)11(2)18-15-7-6-10-20(15)14-8-9-16(23-4)19-12(14)3/h8-9H,5-7,10H2,1-4H3,(H,21,22). The Balaban J connectivity index is 2.37. The van der Waals surface area contributed by atoms with Gasteiger partial charge in [0.1, 0.15) is 5.84 Å². The number of carboxylic acids is 1. The van der Waals surface area contributed by atoms with Crippen LogP contribution in [0.2, 0.25) is 0 Å². The van der Waals surface area contributed by atoms with E-state index in [-0.39, 0.29) is 0 Å². The van der Waals surface area contributed by atoms with Gasteiger partial charge in [0.05, 0.1) is 24.1 Å². The Morgan fingerprint density at radius 2 is 2.22 bits per heavy atom. The lowest BCUT2D eigenvalue weighted by molar-refractivity contribution is -0.132. The maximum Gasteiger partial charge on any atom is 0.333 e. The molecule has 0 spiro atoms. The van der Waals surface area contributed by atoms with E-state index >= 15 is 0 Å². The van der Waals surface area contributed by atoms with E-state index in [0.29, 0.717) is 23.6 Å². The monoisotopic (exact) mass is 317 g/mol. The second-order valence-electron chi connectivity index (χ2n) is 5.46. The highest BCUT2D eigenvalue weighted by Gasteiger charge is 2.23. The highest BCUT2D eigenvalue weighted by atomic mass is 16.5. The van der Waals surface area contributed by atoms with E-state index < -0.39 is 5.97 Å². The summed E-state index contributed by atoms with van der Waals surface area (Å²) in [5.74, 6) is 0.574. The molecule has 0 unspecified atom stereocenters. The molecule has 2 rings (SSSR count). The summed E-state index contributed by atoms with van der Waals surface area (Å²) in [5.41, 5.74) is 2.78. The van der Waals surface area contributed by atoms with Crippen molar-refractivity contribution in [3.8, 4) is 5.88 Å². The molecule has 0 atom stereocenters. The number of hydrogen-bond donors (Lipinski definition) is 1. The number of amidine groups is 1. The van der Waals surface area contributed by atoms with Crippen molar-refractivity contribution in [1.29, 1.82) is 0 Å². The molecule has 1 N–H and O–H groups in total. The molecule has 0 aromatic carbocycles. The van der Waals surface area contributed by atoms with Crippen LogP contribution >= 0.6 is 0 Å². The van der Waals surface area contributed by atoms with E-state index in [4.69, 9.17) is 4.74 Å². The van der Waals surface area contributed by atoms with Gasteiger partial charge in [-0.1, -0.05) is 6.92 Å². The Bertz CT molecular complexity index is 665. The van der Waals surface area contributed by atoms with Crippen molar-refractivity contribution >= 4 is 17.5 Å². The first-order valence-corrected chi connectivity index (χ1v) is 7.77. The van der Waals surface area contributed by atoms with Crippen molar-refractivity contribution in [2.45, 2.75) is 40.0 Å². The van der Waals surface area contributed by atoms with Gasteiger partial charge < -0.3 is 14.7 Å². The molecule has 0 amide bonds. The Labute approximate surface area is 136 Å². The van der Waals surface area contributed by atoms with Gasteiger partial charge in [0.25, 0.3) is 0 Å². The Morgan fingerprint density at radius 3 is 2.78 bits per heavy atom. The molecule has 1 aromatic heterocycles. The molecule has 6 heteroatoms. The van der Waals surface area contributed by atoms with Crippen molar-refractivity contribution in [2.24, 2.45) is 4.99 Å². The second-order valence-corrected chi connectivity index (χ2v) is 5.46. The van der Waals surface area contributed by atoms with Gasteiger partial charge in [-0.25, -0.2) is 14.8 Å². The van der Waals surface area contributed by atoms with Gasteiger partial charge in [0, 0.05) is 24.7 Å². The van der Waals surface area contributed by atoms with E-state index in [9.17, 15) is 9.90 Å². The maximum atomic E-state index is 11.3. The molecular formula is C17H23N3O3. The smallest absolute Gasteiger partial charge is 0.333 e. The Hall–Kier alpha value is -2.37. The molecule has 1 saturated heterocycles. The van der Waals surface area contributed by atoms with Crippen LogP contribution in [0.15, 0.2) is 28.4 Å². The van der Waals surface area contributed by atoms with Crippen LogP contribution in [-0.4, -0.2) is 35.5 Å². The molecule has 2 heterocycles. The first kappa shape index (κ1) is 17.0. The number of aryl methyl sites for hydroxylation is 1. The number of allylic oxidation sites excluding steroid dienone is 1. The van der Waals surface area contributed by atoms with Gasteiger partial charge in [0.2, 0.25) is 5.88 Å². The van der Waals surface area contributed by atoms with Crippen LogP contribution in [0.1, 0.15) is 38.8 Å². The molecule has 0 saturated carbocycles. The van der Waals surface area contributed by atoms with E-state index in [1.807, 2.05) is 26.0 Å². The zero-order valence-corrected chi connectivity index (χ0v) is 14.1. The summed E-state index contributed by atoms with van der Waals surface area (Å²) in [7, 11) is 1.59. The normalized spacial score (nSPS) is 17.4. The average Bonchev–Trinajstić information content (AvgIpc) is 2.95. The van der Waals surface area contributed by atoms with E-state index in [1.165, 1.54) is 0 Å². The molecule has 1 aliphatic heterocycles. The number of pyridine rings is 1. The van der Waals surface area contributed by atoms with Crippen molar-refractivity contribution in [1.82, 2.24) is 4.98 Å². The van der Waals surface area contributed by atoms with Crippen molar-refractivity contribution in [3.05, 3.63) is 29.1 Å². The number of aliphatic imine (C=N–C) groups is 1. The fourth-order valence-corrected chi connectivity index (χ4v) is 2.79. The summed E-state index contributed by atoms with van der Waals surface area (Å²) < 4.78 is 5.14. The molecule has 0 aliphatic carbocycles. The van der Waals surface area contributed by atoms with Gasteiger partial charge in [-0.3, -0.25) is 0 Å². The lowest BCUT2D eigenvalue weighted by atomic mass is 10.1. The van der Waals surface area contributed by atoms with Crippen molar-refractivity contribution in [3.63, 3.8) is 0 Å². The number of rotatable bonds is 5. The third-order valence-corrected chi connectivity index (χ3v) is 3.97. The largest absolute Gasteiger partial charge is 0.481 e. The lowest BCUT2D eigenvalue weighted by Crippen LogP contribution is -2.25. The van der Waals surface area contributed by atoms with Crippen LogP contribution < -0.4 is 9.64 Å². The minimum absolute atomic E-state index is 0.355. The highest BCUT2D eigenvalue weighted by Crippen LogP contribution is 2.27. The summed E-state index contributed by atoms with van der Waals surface area (Å²) in [4.78, 5) is 22.4. The fourth-order valence-electron chi connectivity index (χ4n) is 2.79. The summed E-state index contributed by atoms with van der Waals surface area (Å²) in [6, 6.07) is 3.80. The number of methoxy groups -OCH3 is 1. The molecule has 1 fully saturated rings. The molecule has 1 aliphatic rings. The number of carbonyl (C=O) groups is 1.